The first-order chi connectivity index (χ1) is 27.3. The molecule has 5 heterocycles. The van der Waals surface area contributed by atoms with Gasteiger partial charge in [0.1, 0.15) is 22.3 Å². The number of hydrogen-bond donors (Lipinski definition) is 0. The van der Waals surface area contributed by atoms with E-state index in [0.717, 1.165) is 49.4 Å². The SMILES string of the molecule is Cc1cc2c3c4c1c1cc5c(cc1n4-c1cc4c(cc1B3N(c1ccc(C(C)(C)C)cc1)c1cc3ccccc3cc1-2)oc1ccccc14)oc1ccccc15. The second-order valence-corrected chi connectivity index (χ2v) is 17.0. The van der Waals surface area contributed by atoms with Crippen LogP contribution in [-0.2, 0) is 5.41 Å². The van der Waals surface area contributed by atoms with Gasteiger partial charge in [-0.2, -0.15) is 0 Å². The van der Waals surface area contributed by atoms with Crippen molar-refractivity contribution in [1.82, 2.24) is 4.57 Å². The molecule has 0 N–H and O–H groups in total. The zero-order valence-corrected chi connectivity index (χ0v) is 31.6. The normalized spacial score (nSPS) is 13.6. The third-order valence-electron chi connectivity index (χ3n) is 12.8. The van der Waals surface area contributed by atoms with Crippen LogP contribution in [0.1, 0.15) is 31.9 Å². The van der Waals surface area contributed by atoms with Crippen LogP contribution in [0.15, 0.2) is 148 Å². The topological polar surface area (TPSA) is 34.5 Å². The van der Waals surface area contributed by atoms with Crippen LogP contribution in [-0.4, -0.2) is 11.4 Å². The van der Waals surface area contributed by atoms with Gasteiger partial charge in [-0.25, -0.2) is 0 Å². The van der Waals surface area contributed by atoms with Crippen molar-refractivity contribution in [3.05, 3.63) is 151 Å². The highest BCUT2D eigenvalue weighted by Crippen LogP contribution is 2.49. The van der Waals surface area contributed by atoms with Crippen molar-refractivity contribution in [2.24, 2.45) is 0 Å². The summed E-state index contributed by atoms with van der Waals surface area (Å²) in [4.78, 5) is 2.61. The third kappa shape index (κ3) is 3.85. The van der Waals surface area contributed by atoms with Crippen molar-refractivity contribution in [1.29, 1.82) is 0 Å². The molecule has 0 fully saturated rings. The Kier molecular flexibility index (Phi) is 5.64. The quantitative estimate of drug-likeness (QED) is 0.159. The summed E-state index contributed by atoms with van der Waals surface area (Å²) in [6.45, 7) is 9.04. The van der Waals surface area contributed by atoms with Gasteiger partial charge in [0, 0.05) is 61.0 Å². The Bertz CT molecular complexity index is 3540. The van der Waals surface area contributed by atoms with Gasteiger partial charge in [0.15, 0.2) is 0 Å². The van der Waals surface area contributed by atoms with Crippen molar-refractivity contribution >= 4 is 106 Å². The van der Waals surface area contributed by atoms with Crippen LogP contribution in [0, 0.1) is 6.92 Å². The lowest BCUT2D eigenvalue weighted by atomic mass is 9.43. The molecule has 5 heteroatoms. The second kappa shape index (κ2) is 10.3. The van der Waals surface area contributed by atoms with E-state index in [9.17, 15) is 0 Å². The highest BCUT2D eigenvalue weighted by Gasteiger charge is 2.45. The fourth-order valence-electron chi connectivity index (χ4n) is 10.2. The van der Waals surface area contributed by atoms with Crippen LogP contribution in [0.25, 0.3) is 93.3 Å². The predicted octanol–water partition coefficient (Wildman–Crippen LogP) is 12.6. The fourth-order valence-corrected chi connectivity index (χ4v) is 10.2. The smallest absolute Gasteiger partial charge is 0.333 e. The van der Waals surface area contributed by atoms with E-state index in [4.69, 9.17) is 8.83 Å². The summed E-state index contributed by atoms with van der Waals surface area (Å²) in [5.41, 5.74) is 17.3. The number of para-hydroxylation sites is 2. The number of benzene rings is 8. The van der Waals surface area contributed by atoms with Gasteiger partial charge in [-0.3, -0.25) is 0 Å². The van der Waals surface area contributed by atoms with E-state index in [1.807, 2.05) is 0 Å². The van der Waals surface area contributed by atoms with Gasteiger partial charge < -0.3 is 18.2 Å². The summed E-state index contributed by atoms with van der Waals surface area (Å²) in [6.07, 6.45) is 0. The van der Waals surface area contributed by atoms with Crippen LogP contribution >= 0.6 is 0 Å². The lowest BCUT2D eigenvalue weighted by Gasteiger charge is -2.42. The molecule has 2 aliphatic rings. The summed E-state index contributed by atoms with van der Waals surface area (Å²) < 4.78 is 15.8. The van der Waals surface area contributed by atoms with E-state index < -0.39 is 0 Å². The Morgan fingerprint density at radius 1 is 0.536 bits per heavy atom. The maximum Gasteiger partial charge on any atom is 0.333 e. The number of aryl methyl sites for hydroxylation is 1. The minimum absolute atomic E-state index is 0.0423. The molecule has 0 atom stereocenters. The fraction of sp³-hybridized carbons (Fsp3) is 0.0980. The van der Waals surface area contributed by atoms with Crippen LogP contribution in [0.5, 0.6) is 0 Å². The molecule has 11 aromatic rings. The molecule has 0 saturated carbocycles. The largest absolute Gasteiger partial charge is 0.456 e. The number of aromatic nitrogens is 1. The Balaban J connectivity index is 1.23. The molecule has 0 saturated heterocycles. The molecular weight excluding hydrogens is 683 g/mol. The Labute approximate surface area is 323 Å². The molecule has 2 aliphatic heterocycles. The van der Waals surface area contributed by atoms with Crippen LogP contribution in [0.2, 0.25) is 0 Å². The van der Waals surface area contributed by atoms with E-state index in [1.54, 1.807) is 0 Å². The van der Waals surface area contributed by atoms with Gasteiger partial charge in [-0.05, 0) is 105 Å². The number of nitrogens with zero attached hydrogens (tertiary/aromatic N) is 2. The van der Waals surface area contributed by atoms with E-state index in [2.05, 4.69) is 177 Å². The van der Waals surface area contributed by atoms with Gasteiger partial charge in [0.25, 0.3) is 0 Å². The van der Waals surface area contributed by atoms with Gasteiger partial charge in [0.2, 0.25) is 0 Å². The summed E-state index contributed by atoms with van der Waals surface area (Å²) in [6, 6.07) is 51.6. The molecule has 8 aromatic carbocycles. The monoisotopic (exact) mass is 718 g/mol. The molecule has 0 unspecified atom stereocenters. The number of fused-ring (bicyclic) bond motifs is 15. The lowest BCUT2D eigenvalue weighted by molar-refractivity contribution is 0.590. The van der Waals surface area contributed by atoms with E-state index in [1.165, 1.54) is 77.3 Å². The highest BCUT2D eigenvalue weighted by atomic mass is 16.3. The summed E-state index contributed by atoms with van der Waals surface area (Å²) in [5, 5.41) is 9.56. The maximum absolute atomic E-state index is 6.68. The average Bonchev–Trinajstić information content (AvgIpc) is 3.87. The van der Waals surface area contributed by atoms with Crippen molar-refractivity contribution in [2.75, 3.05) is 4.81 Å². The number of furan rings is 2. The molecule has 0 aliphatic carbocycles. The average molecular weight is 719 g/mol. The predicted molar refractivity (Wildman–Crippen MR) is 235 cm³/mol. The van der Waals surface area contributed by atoms with Gasteiger partial charge >= 0.3 is 6.85 Å². The zero-order chi connectivity index (χ0) is 37.2. The molecule has 56 heavy (non-hydrogen) atoms. The molecule has 4 nitrogen and oxygen atoms in total. The van der Waals surface area contributed by atoms with Crippen molar-refractivity contribution in [3.8, 4) is 16.8 Å². The van der Waals surface area contributed by atoms with Crippen LogP contribution in [0.4, 0.5) is 11.4 Å². The molecule has 0 radical (unpaired) electrons. The van der Waals surface area contributed by atoms with E-state index in [-0.39, 0.29) is 12.3 Å². The highest BCUT2D eigenvalue weighted by molar-refractivity contribution is 6.94. The summed E-state index contributed by atoms with van der Waals surface area (Å²) >= 11 is 0. The molecule has 13 rings (SSSR count). The van der Waals surface area contributed by atoms with Crippen LogP contribution < -0.4 is 15.7 Å². The number of hydrogen-bond acceptors (Lipinski definition) is 3. The molecule has 264 valence electrons. The number of rotatable bonds is 1. The summed E-state index contributed by atoms with van der Waals surface area (Å²) in [5.74, 6) is 0. The summed E-state index contributed by atoms with van der Waals surface area (Å²) in [7, 11) is 0. The van der Waals surface area contributed by atoms with Crippen LogP contribution in [0.3, 0.4) is 0 Å². The van der Waals surface area contributed by atoms with Gasteiger partial charge in [0.05, 0.1) is 11.0 Å². The first kappa shape index (κ1) is 30.6. The maximum atomic E-state index is 6.68. The first-order valence-corrected chi connectivity index (χ1v) is 19.6. The second-order valence-electron chi connectivity index (χ2n) is 17.0. The lowest BCUT2D eigenvalue weighted by Crippen LogP contribution is -2.60. The Morgan fingerprint density at radius 3 is 1.89 bits per heavy atom. The van der Waals surface area contributed by atoms with Crippen molar-refractivity contribution < 1.29 is 8.83 Å². The molecule has 3 aromatic heterocycles. The number of anilines is 2. The minimum atomic E-state index is -0.115. The zero-order valence-electron chi connectivity index (χ0n) is 31.6. The van der Waals surface area contributed by atoms with Gasteiger partial charge in [-0.15, -0.1) is 0 Å². The molecule has 0 amide bonds. The standard InChI is InChI=1S/C51H35BN2O2/c1-28-21-38-35-22-29-11-5-6-12-30(29)23-42(35)54(32-19-17-31(18-20-32)51(2,3)4)52-40-26-46-37(34-14-8-10-16-45(34)55-46)25-43(40)53-41-27-47-36(33-13-7-9-15-44(33)56-47)24-39(41)48(28)50(53)49(38)52/h5-27H,1-4H3. The minimum Gasteiger partial charge on any atom is -0.456 e. The van der Waals surface area contributed by atoms with E-state index >= 15 is 0 Å². The van der Waals surface area contributed by atoms with Crippen molar-refractivity contribution in [2.45, 2.75) is 33.1 Å². The van der Waals surface area contributed by atoms with E-state index in [0.29, 0.717) is 0 Å². The first-order valence-electron chi connectivity index (χ1n) is 19.6. The van der Waals surface area contributed by atoms with Gasteiger partial charge in [-0.1, -0.05) is 99.6 Å². The molecular formula is C51H35BN2O2. The molecule has 0 bridgehead atoms. The van der Waals surface area contributed by atoms with Crippen molar-refractivity contribution in [3.63, 3.8) is 0 Å². The Morgan fingerprint density at radius 2 is 1.18 bits per heavy atom. The third-order valence-corrected chi connectivity index (χ3v) is 12.8. The Hall–Kier alpha value is -6.72. The molecule has 0 spiro atoms.